The summed E-state index contributed by atoms with van der Waals surface area (Å²) in [4.78, 5) is 115. The average molecular weight is 1860 g/mol. The number of benzene rings is 6. The lowest BCUT2D eigenvalue weighted by atomic mass is 10.1. The molecule has 6 aromatic carbocycles. The number of H-pyrrole nitrogens is 4. The fourth-order valence-electron chi connectivity index (χ4n) is 15.6. The number of furan rings is 1. The number of thiophene rings is 2. The Kier molecular flexibility index (Phi) is 24.8. The zero-order valence-corrected chi connectivity index (χ0v) is 74.2. The summed E-state index contributed by atoms with van der Waals surface area (Å²) in [6, 6.07) is 47.8. The molecule has 0 saturated carbocycles. The van der Waals surface area contributed by atoms with Gasteiger partial charge in [-0.25, -0.2) is 44.3 Å². The van der Waals surface area contributed by atoms with E-state index in [1.165, 1.54) is 24.3 Å². The van der Waals surface area contributed by atoms with Crippen molar-refractivity contribution in [3.63, 3.8) is 0 Å². The second-order valence-electron chi connectivity index (χ2n) is 31.1. The lowest BCUT2D eigenvalue weighted by Crippen LogP contribution is -2.37. The number of imidazole rings is 8. The van der Waals surface area contributed by atoms with Gasteiger partial charge in [-0.15, -0.1) is 13.2 Å². The van der Waals surface area contributed by atoms with Crippen molar-refractivity contribution in [1.29, 1.82) is 0 Å². The summed E-state index contributed by atoms with van der Waals surface area (Å²) >= 11 is 3.27. The molecule has 0 amide bonds. The van der Waals surface area contributed by atoms with Gasteiger partial charge in [0.25, 0.3) is 11.4 Å². The van der Waals surface area contributed by atoms with Crippen LogP contribution in [0.3, 0.4) is 0 Å². The van der Waals surface area contributed by atoms with Crippen molar-refractivity contribution in [2.75, 3.05) is 107 Å². The maximum absolute atomic E-state index is 13.5. The van der Waals surface area contributed by atoms with Crippen LogP contribution < -0.4 is 41.3 Å². The number of fused-ring (bicyclic) bond motifs is 8. The second kappa shape index (κ2) is 39.0. The van der Waals surface area contributed by atoms with E-state index in [4.69, 9.17) is 53.8 Å². The van der Waals surface area contributed by atoms with E-state index in [1.807, 2.05) is 125 Å². The number of aromatic amines is 4. The highest BCUT2D eigenvalue weighted by atomic mass is 32.1. The lowest BCUT2D eigenvalue weighted by molar-refractivity contribution is -0.383. The molecule has 0 unspecified atom stereocenters. The van der Waals surface area contributed by atoms with E-state index in [0.29, 0.717) is 199 Å². The zero-order chi connectivity index (χ0) is 92.5. The van der Waals surface area contributed by atoms with Crippen LogP contribution in [-0.4, -0.2) is 193 Å². The summed E-state index contributed by atoms with van der Waals surface area (Å²) < 4.78 is 37.2. The molecule has 23 rings (SSSR count). The van der Waals surface area contributed by atoms with Crippen molar-refractivity contribution < 1.29 is 28.1 Å². The van der Waals surface area contributed by atoms with Crippen LogP contribution in [0, 0.1) is 26.0 Å². The van der Waals surface area contributed by atoms with Gasteiger partial charge in [-0.3, -0.25) is 38.5 Å². The minimum atomic E-state index is -0.453. The Bertz CT molecular complexity index is 7760. The third-order valence-electron chi connectivity index (χ3n) is 22.3. The number of ether oxygens (including phenoxy) is 2. The van der Waals surface area contributed by atoms with Gasteiger partial charge < -0.3 is 75.1 Å². The van der Waals surface area contributed by atoms with E-state index in [9.17, 15) is 24.6 Å². The third-order valence-corrected chi connectivity index (χ3v) is 23.6. The Morgan fingerprint density at radius 3 is 1.34 bits per heavy atom. The van der Waals surface area contributed by atoms with Gasteiger partial charge in [-0.1, -0.05) is 78.9 Å². The third kappa shape index (κ3) is 18.6. The van der Waals surface area contributed by atoms with Gasteiger partial charge in [-0.2, -0.15) is 62.5 Å². The van der Waals surface area contributed by atoms with E-state index in [-0.39, 0.29) is 36.3 Å². The molecule has 9 N–H and O–H groups in total. The monoisotopic (exact) mass is 1860 g/mol. The minimum absolute atomic E-state index is 0.0411. The molecule has 0 spiro atoms. The van der Waals surface area contributed by atoms with Crippen LogP contribution in [-0.2, 0) is 35.7 Å². The second-order valence-corrected chi connectivity index (χ2v) is 32.6. The van der Waals surface area contributed by atoms with E-state index < -0.39 is 9.85 Å². The van der Waals surface area contributed by atoms with Gasteiger partial charge >= 0.3 is 0 Å². The summed E-state index contributed by atoms with van der Waals surface area (Å²) in [5.74, 6) is 6.88. The number of hydrogen-bond acceptors (Lipinski definition) is 33. The highest BCUT2D eigenvalue weighted by Gasteiger charge is 2.27. The predicted molar refractivity (Wildman–Crippen MR) is 519 cm³/mol. The maximum Gasteiger partial charge on any atom is 0.297 e. The fourth-order valence-corrected chi connectivity index (χ4v) is 16.9. The smallest absolute Gasteiger partial charge is 0.297 e. The predicted octanol–water partition coefficient (Wildman–Crippen LogP) is 15.9. The average Bonchev–Trinajstić information content (AvgIpc) is 1.62. The summed E-state index contributed by atoms with van der Waals surface area (Å²) in [5, 5.41) is 47.7. The Hall–Kier alpha value is -17.4. The number of hydrogen-bond donors (Lipinski definition) is 9. The van der Waals surface area contributed by atoms with Crippen LogP contribution in [0.15, 0.2) is 247 Å². The van der Waals surface area contributed by atoms with Gasteiger partial charge in [0.1, 0.15) is 60.7 Å². The van der Waals surface area contributed by atoms with Crippen molar-refractivity contribution in [2.24, 2.45) is 0 Å². The van der Waals surface area contributed by atoms with E-state index >= 15 is 0 Å². The van der Waals surface area contributed by atoms with Crippen LogP contribution in [0.25, 0.3) is 112 Å². The van der Waals surface area contributed by atoms with Crippen molar-refractivity contribution in [3.05, 3.63) is 297 Å². The van der Waals surface area contributed by atoms with Crippen LogP contribution in [0.5, 0.6) is 0 Å². The number of para-hydroxylation sites is 6. The molecule has 682 valence electrons. The topological polar surface area (TPSA) is 477 Å². The number of halogens is 1. The van der Waals surface area contributed by atoms with Crippen LogP contribution in [0.4, 0.5) is 62.8 Å². The number of non-ortho nitro benzene ring substituents is 2. The number of nitro benzene ring substituents is 2. The van der Waals surface area contributed by atoms with E-state index in [1.54, 1.807) is 101 Å². The summed E-state index contributed by atoms with van der Waals surface area (Å²) in [6.07, 6.45) is 13.7. The normalized spacial score (nSPS) is 12.9. The lowest BCUT2D eigenvalue weighted by Gasteiger charge is -2.27. The van der Waals surface area contributed by atoms with Crippen LogP contribution >= 0.6 is 22.7 Å². The van der Waals surface area contributed by atoms with Gasteiger partial charge in [-0.05, 0) is 96.0 Å². The summed E-state index contributed by atoms with van der Waals surface area (Å²) in [5.41, 5.74) is 15.4. The van der Waals surface area contributed by atoms with Gasteiger partial charge in [0.15, 0.2) is 79.0 Å². The highest BCUT2D eigenvalue weighted by molar-refractivity contribution is 7.08. The number of nitrogens with zero attached hydrogens (tertiary/aromatic N) is 25. The van der Waals surface area contributed by atoms with Gasteiger partial charge in [0, 0.05) is 73.9 Å². The highest BCUT2D eigenvalue weighted by Crippen LogP contribution is 2.35. The maximum atomic E-state index is 13.5. The number of anilines is 8. The first kappa shape index (κ1) is 86.6. The van der Waals surface area contributed by atoms with Crippen molar-refractivity contribution in [3.8, 4) is 22.7 Å². The number of nitrogens with one attached hydrogen (secondary N) is 9. The number of rotatable bonds is 28. The largest absolute Gasteiger partial charge is 0.470 e. The Balaban J connectivity index is 0.000000112. The fraction of sp³-hybridized carbons (Fsp3) is 0.174. The van der Waals surface area contributed by atoms with Crippen molar-refractivity contribution >= 4 is 170 Å². The van der Waals surface area contributed by atoms with Crippen molar-refractivity contribution in [1.82, 2.24) is 118 Å². The van der Waals surface area contributed by atoms with E-state index in [2.05, 4.69) is 140 Å². The molecule has 0 radical (unpaired) electrons. The quantitative estimate of drug-likeness (QED) is 0.0125. The number of nitro groups is 2. The standard InChI is InChI=1S/C25H22N8S.C23H20FN9O3.C23H22N8S.C21H19N9O4/c1-16(17-7-3-2-4-8-17)28-25-31-23(26-13-21-29-19-9-5-6-10-20(19)30-21)22-24(32-25)33(15-27-22)18-11-12-34-14-18;24-14-4-6-15(7-5-14)32-13-26-20-21(29-23(30-22(20)32)31-8-10-36-11-9-31)25-12-18-27-16-2-1-3-17(33(34)35)19(16)28-18;1-3-10-30(11-4-2)23-28-21(24-13-19-26-17-7-5-6-8-18(17)27-19)20-22(29-23)31(15-25-20)16-9-12-32-14-16;31-30(32)15-3-1-2-14-17(15)25-16(24-14)10-22-19-18-20(29(12-23-18)13-4-7-34-11-13)27-21(26-19)28-5-8-33-9-6-28/h2-12,14-16H,13H2,1H3,(H,29,30)(H2,26,28,31,32);1-7,13H,8-12H2,(H,27,28)(H,25,29,30);3-9,12,14-15H,1-2,10-11,13H2,(H,26,27)(H,24,28,29);1-4,7,11-12H,5-6,8-10H2,(H,24,25)(H,22,26,27)/t16-;;;/m1.../s1. The molecule has 41 nitrogen and oxygen atoms in total. The Morgan fingerprint density at radius 2 is 0.882 bits per heavy atom. The molecule has 21 aromatic rings. The SMILES string of the molecule is C=CCN(CC=C)c1nc(NCc2nc3ccccc3[nH]2)c2ncn(-c3ccsc3)c2n1.C[C@@H](Nc1nc(NCc2nc3ccccc3[nH]2)c2ncn(-c3ccsc3)c2n1)c1ccccc1.O=[N+]([O-])c1cccc2[nH]c(CNc3nc(N4CCOCC4)nc4c3ncn4-c3ccc(F)cc3)nc12.O=[N+]([O-])c1cccc2[nH]c(CNc3nc(N4CCOCC4)nc4c3ncn4-c3ccoc3)nc12. The molecule has 0 aliphatic carbocycles. The molecule has 2 aliphatic heterocycles. The van der Waals surface area contributed by atoms with Gasteiger partial charge in [0.05, 0.1) is 125 Å². The first-order chi connectivity index (χ1) is 66.7. The van der Waals surface area contributed by atoms with Gasteiger partial charge in [0.2, 0.25) is 23.8 Å². The molecular formula is C92H83FN34O7S2. The summed E-state index contributed by atoms with van der Waals surface area (Å²) in [7, 11) is 0. The van der Waals surface area contributed by atoms with Crippen LogP contribution in [0.1, 0.15) is 41.8 Å². The zero-order valence-electron chi connectivity index (χ0n) is 72.6. The summed E-state index contributed by atoms with van der Waals surface area (Å²) in [6.45, 7) is 17.5. The van der Waals surface area contributed by atoms with E-state index in [0.717, 1.165) is 67.6 Å². The first-order valence-corrected chi connectivity index (χ1v) is 45.0. The molecule has 15 aromatic heterocycles. The molecule has 136 heavy (non-hydrogen) atoms. The Labute approximate surface area is 777 Å². The first-order valence-electron chi connectivity index (χ1n) is 43.1. The number of morpholine rings is 2. The molecule has 2 saturated heterocycles. The molecule has 17 heterocycles. The molecule has 0 bridgehead atoms. The molecule has 2 aliphatic rings. The molecular weight excluding hydrogens is 1780 g/mol. The molecule has 1 atom stereocenters. The Morgan fingerprint density at radius 1 is 0.456 bits per heavy atom. The van der Waals surface area contributed by atoms with Crippen molar-refractivity contribution in [2.45, 2.75) is 39.1 Å². The molecule has 2 fully saturated rings. The number of aromatic nitrogens is 24. The van der Waals surface area contributed by atoms with Crippen LogP contribution in [0.2, 0.25) is 0 Å². The minimum Gasteiger partial charge on any atom is -0.470 e. The molecule has 44 heteroatoms.